The first-order valence-corrected chi connectivity index (χ1v) is 12.1. The molecular weight excluding hydrogens is 452 g/mol. The molecule has 0 amide bonds. The molecule has 3 aromatic heterocycles. The standard InChI is InChI=1S/C28H28N6O2/c1-28(2,3)36-27(35)34-23-11-5-4-10-22(23)32-25(34)18-33(21-14-13-20(16-29)31-17-21)24-12-6-8-19-9-7-15-30-26(19)24/h4-5,7,9-11,13-15,17,24H,6,8,12,18H2,1-3H3. The fourth-order valence-electron chi connectivity index (χ4n) is 4.74. The average molecular weight is 481 g/mol. The van der Waals surface area contributed by atoms with E-state index in [-0.39, 0.29) is 6.04 Å². The number of hydrogen-bond acceptors (Lipinski definition) is 7. The summed E-state index contributed by atoms with van der Waals surface area (Å²) in [4.78, 5) is 29.4. The highest BCUT2D eigenvalue weighted by Crippen LogP contribution is 2.37. The fourth-order valence-corrected chi connectivity index (χ4v) is 4.74. The zero-order chi connectivity index (χ0) is 25.3. The lowest BCUT2D eigenvalue weighted by atomic mass is 9.90. The molecule has 3 heterocycles. The topological polar surface area (TPSA) is 96.9 Å². The van der Waals surface area contributed by atoms with Gasteiger partial charge >= 0.3 is 6.09 Å². The third-order valence-corrected chi connectivity index (χ3v) is 6.25. The van der Waals surface area contributed by atoms with Crippen LogP contribution in [-0.4, -0.2) is 31.2 Å². The second-order valence-corrected chi connectivity index (χ2v) is 9.93. The van der Waals surface area contributed by atoms with Crippen LogP contribution in [0.5, 0.6) is 0 Å². The van der Waals surface area contributed by atoms with Crippen molar-refractivity contribution >= 4 is 22.8 Å². The number of benzene rings is 1. The lowest BCUT2D eigenvalue weighted by Crippen LogP contribution is -2.34. The second kappa shape index (κ2) is 9.42. The predicted molar refractivity (Wildman–Crippen MR) is 136 cm³/mol. The summed E-state index contributed by atoms with van der Waals surface area (Å²) in [5.41, 5.74) is 4.19. The molecule has 36 heavy (non-hydrogen) atoms. The van der Waals surface area contributed by atoms with Crippen molar-refractivity contribution in [2.45, 2.75) is 58.2 Å². The van der Waals surface area contributed by atoms with Gasteiger partial charge in [-0.25, -0.2) is 19.3 Å². The largest absolute Gasteiger partial charge is 0.443 e. The van der Waals surface area contributed by atoms with Crippen LogP contribution in [0.25, 0.3) is 11.0 Å². The molecule has 182 valence electrons. The van der Waals surface area contributed by atoms with Crippen molar-refractivity contribution in [1.82, 2.24) is 19.5 Å². The van der Waals surface area contributed by atoms with E-state index in [1.54, 1.807) is 16.8 Å². The first-order chi connectivity index (χ1) is 17.3. The van der Waals surface area contributed by atoms with Gasteiger partial charge < -0.3 is 9.64 Å². The summed E-state index contributed by atoms with van der Waals surface area (Å²) in [6.45, 7) is 5.89. The minimum absolute atomic E-state index is 0.0309. The molecule has 1 unspecified atom stereocenters. The van der Waals surface area contributed by atoms with Gasteiger partial charge in [0.05, 0.1) is 41.2 Å². The average Bonchev–Trinajstić information content (AvgIpc) is 3.24. The molecule has 0 saturated heterocycles. The molecule has 1 aliphatic rings. The van der Waals surface area contributed by atoms with Crippen LogP contribution in [0.4, 0.5) is 10.5 Å². The SMILES string of the molecule is CC(C)(C)OC(=O)n1c(CN(c2ccc(C#N)nc2)C2CCCc3cccnc32)nc2ccccc21. The molecule has 1 aromatic carbocycles. The van der Waals surface area contributed by atoms with Crippen LogP contribution >= 0.6 is 0 Å². The number of aryl methyl sites for hydroxylation is 1. The molecule has 5 rings (SSSR count). The highest BCUT2D eigenvalue weighted by molar-refractivity contribution is 5.87. The van der Waals surface area contributed by atoms with Crippen molar-refractivity contribution in [3.63, 3.8) is 0 Å². The molecule has 4 aromatic rings. The molecule has 0 fully saturated rings. The summed E-state index contributed by atoms with van der Waals surface area (Å²) in [7, 11) is 0. The lowest BCUT2D eigenvalue weighted by molar-refractivity contribution is 0.0539. The van der Waals surface area contributed by atoms with Gasteiger partial charge in [-0.2, -0.15) is 5.26 Å². The minimum atomic E-state index is -0.650. The second-order valence-electron chi connectivity index (χ2n) is 9.93. The van der Waals surface area contributed by atoms with Crippen LogP contribution in [-0.2, 0) is 17.7 Å². The fraction of sp³-hybridized carbons (Fsp3) is 0.321. The molecule has 1 atom stereocenters. The van der Waals surface area contributed by atoms with E-state index in [1.807, 2.05) is 63.4 Å². The number of carbonyl (C=O) groups is 1. The Morgan fingerprint density at radius 2 is 2.00 bits per heavy atom. The molecule has 0 saturated carbocycles. The summed E-state index contributed by atoms with van der Waals surface area (Å²) >= 11 is 0. The smallest absolute Gasteiger partial charge is 0.420 e. The van der Waals surface area contributed by atoms with Gasteiger partial charge in [-0.3, -0.25) is 4.98 Å². The summed E-state index contributed by atoms with van der Waals surface area (Å²) in [6, 6.07) is 17.3. The zero-order valence-electron chi connectivity index (χ0n) is 20.7. The maximum Gasteiger partial charge on any atom is 0.420 e. The molecule has 0 bridgehead atoms. The van der Waals surface area contributed by atoms with E-state index >= 15 is 0 Å². The van der Waals surface area contributed by atoms with E-state index in [0.29, 0.717) is 23.6 Å². The highest BCUT2D eigenvalue weighted by Gasteiger charge is 2.31. The first-order valence-electron chi connectivity index (χ1n) is 12.1. The van der Waals surface area contributed by atoms with Gasteiger partial charge in [0, 0.05) is 6.20 Å². The maximum absolute atomic E-state index is 13.4. The Hall–Kier alpha value is -4.25. The molecule has 0 aliphatic heterocycles. The van der Waals surface area contributed by atoms with Gasteiger partial charge in [-0.15, -0.1) is 0 Å². The summed E-state index contributed by atoms with van der Waals surface area (Å²) in [5, 5.41) is 9.25. The van der Waals surface area contributed by atoms with Gasteiger partial charge in [0.15, 0.2) is 0 Å². The number of ether oxygens (including phenoxy) is 1. The number of fused-ring (bicyclic) bond motifs is 2. The number of aromatic nitrogens is 4. The van der Waals surface area contributed by atoms with Gasteiger partial charge in [0.1, 0.15) is 23.2 Å². The van der Waals surface area contributed by atoms with Crippen molar-refractivity contribution in [2.24, 2.45) is 0 Å². The number of carbonyl (C=O) groups excluding carboxylic acids is 1. The van der Waals surface area contributed by atoms with Crippen LogP contribution < -0.4 is 4.90 Å². The third kappa shape index (κ3) is 4.65. The van der Waals surface area contributed by atoms with E-state index in [0.717, 1.165) is 36.2 Å². The van der Waals surface area contributed by atoms with Crippen LogP contribution in [0, 0.1) is 11.3 Å². The van der Waals surface area contributed by atoms with E-state index in [9.17, 15) is 10.1 Å². The normalized spacial score (nSPS) is 15.2. The predicted octanol–water partition coefficient (Wildman–Crippen LogP) is 5.57. The van der Waals surface area contributed by atoms with Gasteiger partial charge in [0.2, 0.25) is 0 Å². The molecule has 0 radical (unpaired) electrons. The highest BCUT2D eigenvalue weighted by atomic mass is 16.6. The Balaban J connectivity index is 1.62. The molecule has 8 heteroatoms. The van der Waals surface area contributed by atoms with Crippen LogP contribution in [0.2, 0.25) is 0 Å². The Bertz CT molecular complexity index is 1450. The molecule has 0 N–H and O–H groups in total. The number of pyridine rings is 2. The quantitative estimate of drug-likeness (QED) is 0.377. The van der Waals surface area contributed by atoms with Crippen LogP contribution in [0.1, 0.15) is 62.4 Å². The number of imidazole rings is 1. The van der Waals surface area contributed by atoms with E-state index < -0.39 is 11.7 Å². The lowest BCUT2D eigenvalue weighted by Gasteiger charge is -2.36. The van der Waals surface area contributed by atoms with Crippen molar-refractivity contribution in [3.05, 3.63) is 83.7 Å². The van der Waals surface area contributed by atoms with Crippen molar-refractivity contribution in [1.29, 1.82) is 5.26 Å². The molecule has 1 aliphatic carbocycles. The van der Waals surface area contributed by atoms with Crippen molar-refractivity contribution < 1.29 is 9.53 Å². The summed E-state index contributed by atoms with van der Waals surface area (Å²) < 4.78 is 7.32. The number of nitrogens with zero attached hydrogens (tertiary/aromatic N) is 6. The van der Waals surface area contributed by atoms with Crippen molar-refractivity contribution in [3.8, 4) is 6.07 Å². The van der Waals surface area contributed by atoms with Gasteiger partial charge in [0.25, 0.3) is 0 Å². The third-order valence-electron chi connectivity index (χ3n) is 6.25. The number of nitriles is 1. The number of rotatable bonds is 4. The zero-order valence-corrected chi connectivity index (χ0v) is 20.7. The summed E-state index contributed by atoms with van der Waals surface area (Å²) in [6.07, 6.45) is 5.96. The Labute approximate surface area is 210 Å². The summed E-state index contributed by atoms with van der Waals surface area (Å²) in [5.74, 6) is 0.567. The maximum atomic E-state index is 13.4. The molecule has 8 nitrogen and oxygen atoms in total. The minimum Gasteiger partial charge on any atom is -0.443 e. The molecular formula is C28H28N6O2. The first kappa shape index (κ1) is 23.5. The van der Waals surface area contributed by atoms with E-state index in [2.05, 4.69) is 22.0 Å². The van der Waals surface area contributed by atoms with E-state index in [4.69, 9.17) is 14.7 Å². The van der Waals surface area contributed by atoms with Crippen LogP contribution in [0.15, 0.2) is 60.9 Å². The monoisotopic (exact) mass is 480 g/mol. The van der Waals surface area contributed by atoms with Gasteiger partial charge in [-0.1, -0.05) is 18.2 Å². The van der Waals surface area contributed by atoms with E-state index in [1.165, 1.54) is 5.56 Å². The van der Waals surface area contributed by atoms with Gasteiger partial charge in [-0.05, 0) is 75.9 Å². The number of para-hydroxylation sites is 2. The van der Waals surface area contributed by atoms with Crippen molar-refractivity contribution in [2.75, 3.05) is 4.90 Å². The Morgan fingerprint density at radius 1 is 1.17 bits per heavy atom. The Kier molecular flexibility index (Phi) is 6.15. The van der Waals surface area contributed by atoms with Crippen LogP contribution in [0.3, 0.4) is 0 Å². The number of hydrogen-bond donors (Lipinski definition) is 0. The Morgan fingerprint density at radius 3 is 2.75 bits per heavy atom. The molecule has 0 spiro atoms. The number of anilines is 1.